The Morgan fingerprint density at radius 1 is 0.941 bits per heavy atom. The van der Waals surface area contributed by atoms with E-state index in [0.29, 0.717) is 35.6 Å². The number of carbonyl (C=O) groups is 4. The Morgan fingerprint density at radius 3 is 2.35 bits per heavy atom. The quantitative estimate of drug-likeness (QED) is 0.684. The molecule has 0 aromatic heterocycles. The van der Waals surface area contributed by atoms with Crippen LogP contribution in [0.4, 0.5) is 25.4 Å². The summed E-state index contributed by atoms with van der Waals surface area (Å²) in [6.07, 6.45) is -2.21. The van der Waals surface area contributed by atoms with E-state index in [4.69, 9.17) is 9.47 Å². The third-order valence-electron chi connectivity index (χ3n) is 6.55. The summed E-state index contributed by atoms with van der Waals surface area (Å²) in [4.78, 5) is 53.1. The molecular weight excluding hydrogens is 447 g/mol. The Kier molecular flexibility index (Phi) is 4.48. The minimum atomic E-state index is -0.740. The topological polar surface area (TPSA) is 108 Å². The zero-order valence-corrected chi connectivity index (χ0v) is 17.8. The fourth-order valence-corrected chi connectivity index (χ4v) is 4.91. The van der Waals surface area contributed by atoms with Crippen LogP contribution in [-0.4, -0.2) is 73.3 Å². The molecule has 34 heavy (non-hydrogen) atoms. The molecule has 1 N–H and O–H groups in total. The van der Waals surface area contributed by atoms with Crippen molar-refractivity contribution in [1.82, 2.24) is 10.2 Å². The highest BCUT2D eigenvalue weighted by atomic mass is 19.1. The Balaban J connectivity index is 1.14. The smallest absolute Gasteiger partial charge is 0.414 e. The molecule has 0 radical (unpaired) electrons. The first-order valence-electron chi connectivity index (χ1n) is 10.8. The zero-order valence-electron chi connectivity index (χ0n) is 17.8. The number of rotatable bonds is 4. The van der Waals surface area contributed by atoms with Crippen molar-refractivity contribution in [2.75, 3.05) is 36.0 Å². The lowest BCUT2D eigenvalue weighted by molar-refractivity contribution is 0.0558. The van der Waals surface area contributed by atoms with Gasteiger partial charge in [-0.3, -0.25) is 19.4 Å². The van der Waals surface area contributed by atoms with Crippen molar-refractivity contribution in [2.24, 2.45) is 0 Å². The number of halogens is 1. The summed E-state index contributed by atoms with van der Waals surface area (Å²) >= 11 is 0. The van der Waals surface area contributed by atoms with Crippen molar-refractivity contribution in [2.45, 2.75) is 18.2 Å². The molecule has 2 aromatic carbocycles. The number of carbonyl (C=O) groups excluding carboxylic acids is 4. The minimum absolute atomic E-state index is 0.0682. The van der Waals surface area contributed by atoms with Crippen molar-refractivity contribution >= 4 is 35.4 Å². The van der Waals surface area contributed by atoms with Crippen molar-refractivity contribution in [3.63, 3.8) is 0 Å². The van der Waals surface area contributed by atoms with Crippen molar-refractivity contribution < 1.29 is 33.0 Å². The van der Waals surface area contributed by atoms with E-state index in [-0.39, 0.29) is 25.2 Å². The molecule has 0 spiro atoms. The molecule has 4 aliphatic rings. The Bertz CT molecular complexity index is 1200. The predicted molar refractivity (Wildman–Crippen MR) is 115 cm³/mol. The largest absolute Gasteiger partial charge is 0.442 e. The summed E-state index contributed by atoms with van der Waals surface area (Å²) in [7, 11) is 0. The van der Waals surface area contributed by atoms with E-state index < -0.39 is 35.9 Å². The van der Waals surface area contributed by atoms with Gasteiger partial charge < -0.3 is 19.7 Å². The molecular formula is C23H19FN4O6. The number of cyclic esters (lactones) is 1. The summed E-state index contributed by atoms with van der Waals surface area (Å²) in [5.74, 6) is -1.39. The molecule has 3 saturated heterocycles. The van der Waals surface area contributed by atoms with E-state index in [1.165, 1.54) is 11.0 Å². The second-order valence-electron chi connectivity index (χ2n) is 8.62. The molecule has 4 heterocycles. The zero-order chi connectivity index (χ0) is 23.6. The van der Waals surface area contributed by atoms with Crippen molar-refractivity contribution in [3.8, 4) is 0 Å². The monoisotopic (exact) mass is 466 g/mol. The van der Waals surface area contributed by atoms with Crippen LogP contribution in [0.1, 0.15) is 20.7 Å². The maximum atomic E-state index is 15.0. The van der Waals surface area contributed by atoms with E-state index in [1.807, 2.05) is 0 Å². The molecule has 6 rings (SSSR count). The van der Waals surface area contributed by atoms with Crippen LogP contribution >= 0.6 is 0 Å². The van der Waals surface area contributed by atoms with Crippen LogP contribution < -0.4 is 15.1 Å². The lowest BCUT2D eigenvalue weighted by Gasteiger charge is -2.21. The van der Waals surface area contributed by atoms with Crippen LogP contribution in [-0.2, 0) is 9.47 Å². The maximum Gasteiger partial charge on any atom is 0.414 e. The van der Waals surface area contributed by atoms with Gasteiger partial charge in [0, 0.05) is 6.54 Å². The average molecular weight is 466 g/mol. The molecule has 0 aliphatic carbocycles. The number of nitrogens with zero attached hydrogens (tertiary/aromatic N) is 3. The van der Waals surface area contributed by atoms with Gasteiger partial charge in [-0.2, -0.15) is 0 Å². The molecule has 4 amide bonds. The number of ether oxygens (including phenoxy) is 2. The first kappa shape index (κ1) is 20.5. The SMILES string of the molecule is O=C1NC2CN(c3ccc(N4CC(CN5C(=O)c6ccccc6C5=O)OC4=O)cc3F)CC2O1. The van der Waals surface area contributed by atoms with Crippen LogP contribution in [0.2, 0.25) is 0 Å². The number of anilines is 2. The molecule has 0 bridgehead atoms. The van der Waals surface area contributed by atoms with E-state index >= 15 is 0 Å². The first-order valence-corrected chi connectivity index (χ1v) is 10.8. The van der Waals surface area contributed by atoms with Crippen LogP contribution in [0.15, 0.2) is 42.5 Å². The number of fused-ring (bicyclic) bond motifs is 2. The number of imide groups is 1. The Hall–Kier alpha value is -4.15. The van der Waals surface area contributed by atoms with Gasteiger partial charge in [0.25, 0.3) is 11.8 Å². The van der Waals surface area contributed by atoms with Gasteiger partial charge in [0.1, 0.15) is 18.0 Å². The highest BCUT2D eigenvalue weighted by molar-refractivity contribution is 6.21. The van der Waals surface area contributed by atoms with Gasteiger partial charge in [-0.25, -0.2) is 14.0 Å². The predicted octanol–water partition coefficient (Wildman–Crippen LogP) is 1.74. The minimum Gasteiger partial charge on any atom is -0.442 e. The van der Waals surface area contributed by atoms with E-state index in [2.05, 4.69) is 5.32 Å². The third-order valence-corrected chi connectivity index (χ3v) is 6.55. The summed E-state index contributed by atoms with van der Waals surface area (Å²) in [6.45, 7) is 0.769. The number of hydrogen-bond acceptors (Lipinski definition) is 7. The normalized spacial score (nSPS) is 25.4. The van der Waals surface area contributed by atoms with Gasteiger partial charge in [-0.15, -0.1) is 0 Å². The molecule has 2 aromatic rings. The Morgan fingerprint density at radius 2 is 1.68 bits per heavy atom. The summed E-state index contributed by atoms with van der Waals surface area (Å²) in [5.41, 5.74) is 1.29. The number of nitrogens with one attached hydrogen (secondary N) is 1. The Labute approximate surface area is 192 Å². The van der Waals surface area contributed by atoms with Gasteiger partial charge in [0.15, 0.2) is 0 Å². The van der Waals surface area contributed by atoms with Gasteiger partial charge in [-0.1, -0.05) is 12.1 Å². The summed E-state index contributed by atoms with van der Waals surface area (Å²) in [6, 6.07) is 10.8. The number of benzene rings is 2. The number of hydrogen-bond donors (Lipinski definition) is 1. The lowest BCUT2D eigenvalue weighted by atomic mass is 10.1. The lowest BCUT2D eigenvalue weighted by Crippen LogP contribution is -2.38. The average Bonchev–Trinajstić information content (AvgIpc) is 3.53. The van der Waals surface area contributed by atoms with Gasteiger partial charge in [0.2, 0.25) is 0 Å². The van der Waals surface area contributed by atoms with Crippen molar-refractivity contribution in [1.29, 1.82) is 0 Å². The number of alkyl carbamates (subject to hydrolysis) is 1. The van der Waals surface area contributed by atoms with Gasteiger partial charge in [-0.05, 0) is 30.3 Å². The first-order chi connectivity index (χ1) is 16.4. The van der Waals surface area contributed by atoms with Crippen LogP contribution in [0, 0.1) is 5.82 Å². The highest BCUT2D eigenvalue weighted by Gasteiger charge is 2.43. The van der Waals surface area contributed by atoms with Crippen molar-refractivity contribution in [3.05, 3.63) is 59.4 Å². The molecule has 4 aliphatic heterocycles. The standard InChI is InChI=1S/C23H19FN4O6/c24-16-7-12(5-6-18(16)26-10-17-19(11-26)34-22(31)25-17)27-8-13(33-23(27)32)9-28-20(29)14-3-1-2-4-15(14)21(28)30/h1-7,13,17,19H,8-11H2,(H,25,31). The maximum absolute atomic E-state index is 15.0. The van der Waals surface area contributed by atoms with Gasteiger partial charge >= 0.3 is 12.2 Å². The summed E-state index contributed by atoms with van der Waals surface area (Å²) in [5, 5.41) is 2.70. The molecule has 3 fully saturated rings. The van der Waals surface area contributed by atoms with E-state index in [0.717, 1.165) is 4.90 Å². The van der Waals surface area contributed by atoms with E-state index in [9.17, 15) is 23.6 Å². The summed E-state index contributed by atoms with van der Waals surface area (Å²) < 4.78 is 25.5. The second kappa shape index (κ2) is 7.44. The third kappa shape index (κ3) is 3.15. The molecule has 0 saturated carbocycles. The second-order valence-corrected chi connectivity index (χ2v) is 8.62. The molecule has 11 heteroatoms. The van der Waals surface area contributed by atoms with Gasteiger partial charge in [0.05, 0.1) is 48.2 Å². The van der Waals surface area contributed by atoms with E-state index in [1.54, 1.807) is 41.3 Å². The molecule has 3 unspecified atom stereocenters. The van der Waals surface area contributed by atoms with Crippen LogP contribution in [0.25, 0.3) is 0 Å². The highest BCUT2D eigenvalue weighted by Crippen LogP contribution is 2.32. The van der Waals surface area contributed by atoms with Crippen LogP contribution in [0.3, 0.4) is 0 Å². The molecule has 174 valence electrons. The number of amides is 4. The molecule has 3 atom stereocenters. The van der Waals surface area contributed by atoms with Crippen LogP contribution in [0.5, 0.6) is 0 Å². The molecule has 10 nitrogen and oxygen atoms in total. The fraction of sp³-hybridized carbons (Fsp3) is 0.304. The fourth-order valence-electron chi connectivity index (χ4n) is 4.91.